The molecule has 0 aliphatic carbocycles. The van der Waals surface area contributed by atoms with Gasteiger partial charge in [-0.25, -0.2) is 4.79 Å². The van der Waals surface area contributed by atoms with Crippen molar-refractivity contribution in [2.45, 2.75) is 32.8 Å². The maximum atomic E-state index is 11.6. The molecule has 0 saturated heterocycles. The predicted octanol–water partition coefficient (Wildman–Crippen LogP) is 3.20. The normalized spacial score (nSPS) is 11.3. The van der Waals surface area contributed by atoms with E-state index in [-0.39, 0.29) is 24.0 Å². The molecular formula is C18H30ClIN4O3. The van der Waals surface area contributed by atoms with E-state index in [0.717, 1.165) is 17.7 Å². The lowest BCUT2D eigenvalue weighted by atomic mass is 10.1. The molecule has 0 aliphatic heterocycles. The number of ether oxygens (including phenoxy) is 2. The Morgan fingerprint density at radius 3 is 2.33 bits per heavy atom. The molecule has 0 aromatic heterocycles. The number of alkyl carbamates (subject to hydrolysis) is 1. The summed E-state index contributed by atoms with van der Waals surface area (Å²) in [6.45, 7) is 7.11. The highest BCUT2D eigenvalue weighted by molar-refractivity contribution is 14.0. The van der Waals surface area contributed by atoms with E-state index in [1.807, 2.05) is 32.9 Å². The summed E-state index contributed by atoms with van der Waals surface area (Å²) in [6, 6.07) is 5.63. The summed E-state index contributed by atoms with van der Waals surface area (Å²) in [5.41, 5.74) is 0.527. The van der Waals surface area contributed by atoms with Crippen molar-refractivity contribution in [1.82, 2.24) is 16.0 Å². The maximum Gasteiger partial charge on any atom is 0.407 e. The summed E-state index contributed by atoms with van der Waals surface area (Å²) in [6.07, 6.45) is 0.316. The van der Waals surface area contributed by atoms with Crippen molar-refractivity contribution in [3.8, 4) is 5.75 Å². The van der Waals surface area contributed by atoms with E-state index >= 15 is 0 Å². The molecule has 0 saturated carbocycles. The third-order valence-electron chi connectivity index (χ3n) is 3.26. The number of nitrogens with one attached hydrogen (secondary N) is 3. The zero-order valence-corrected chi connectivity index (χ0v) is 19.6. The molecule has 0 heterocycles. The molecule has 154 valence electrons. The first-order chi connectivity index (χ1) is 12.2. The van der Waals surface area contributed by atoms with Crippen molar-refractivity contribution in [2.75, 3.05) is 33.8 Å². The largest absolute Gasteiger partial charge is 0.497 e. The molecular weight excluding hydrogens is 483 g/mol. The van der Waals surface area contributed by atoms with Gasteiger partial charge in [0.25, 0.3) is 0 Å². The second kappa shape index (κ2) is 12.9. The smallest absolute Gasteiger partial charge is 0.407 e. The number of guanidine groups is 1. The zero-order valence-electron chi connectivity index (χ0n) is 16.5. The molecule has 0 aliphatic rings. The Morgan fingerprint density at radius 2 is 1.78 bits per heavy atom. The van der Waals surface area contributed by atoms with Crippen molar-refractivity contribution >= 4 is 47.6 Å². The molecule has 9 heteroatoms. The van der Waals surface area contributed by atoms with Gasteiger partial charge in [-0.15, -0.1) is 24.0 Å². The minimum Gasteiger partial charge on any atom is -0.497 e. The number of hydrogen-bond donors (Lipinski definition) is 3. The maximum absolute atomic E-state index is 11.6. The SMILES string of the molecule is CN=C(NCCNC(=O)OC(C)(C)C)NCCc1ccc(OC)cc1Cl.I. The van der Waals surface area contributed by atoms with E-state index in [0.29, 0.717) is 30.6 Å². The van der Waals surface area contributed by atoms with Crippen molar-refractivity contribution < 1.29 is 14.3 Å². The lowest BCUT2D eigenvalue weighted by molar-refractivity contribution is 0.0529. The highest BCUT2D eigenvalue weighted by Crippen LogP contribution is 2.22. The summed E-state index contributed by atoms with van der Waals surface area (Å²) in [5.74, 6) is 1.39. The second-order valence-electron chi connectivity index (χ2n) is 6.56. The van der Waals surface area contributed by atoms with Crippen LogP contribution in [-0.2, 0) is 11.2 Å². The minimum atomic E-state index is -0.502. The van der Waals surface area contributed by atoms with Crippen LogP contribution in [0.3, 0.4) is 0 Å². The Balaban J connectivity index is 0.00000676. The fraction of sp³-hybridized carbons (Fsp3) is 0.556. The molecule has 1 amide bonds. The number of amides is 1. The second-order valence-corrected chi connectivity index (χ2v) is 6.97. The van der Waals surface area contributed by atoms with Crippen LogP contribution in [0.25, 0.3) is 0 Å². The van der Waals surface area contributed by atoms with Crippen LogP contribution >= 0.6 is 35.6 Å². The van der Waals surface area contributed by atoms with Gasteiger partial charge in [0.05, 0.1) is 7.11 Å². The summed E-state index contributed by atoms with van der Waals surface area (Å²) >= 11 is 6.23. The fourth-order valence-corrected chi connectivity index (χ4v) is 2.32. The fourth-order valence-electron chi connectivity index (χ4n) is 2.05. The number of halogens is 2. The molecule has 1 rings (SSSR count). The van der Waals surface area contributed by atoms with E-state index in [4.69, 9.17) is 21.1 Å². The number of hydrogen-bond acceptors (Lipinski definition) is 4. The topological polar surface area (TPSA) is 84.0 Å². The van der Waals surface area contributed by atoms with Crippen LogP contribution in [0.1, 0.15) is 26.3 Å². The Kier molecular flexibility index (Phi) is 12.2. The van der Waals surface area contributed by atoms with Crippen LogP contribution in [0, 0.1) is 0 Å². The molecule has 3 N–H and O–H groups in total. The van der Waals surface area contributed by atoms with Crippen LogP contribution in [0.2, 0.25) is 5.02 Å². The summed E-state index contributed by atoms with van der Waals surface area (Å²) < 4.78 is 10.3. The van der Waals surface area contributed by atoms with Gasteiger partial charge in [-0.05, 0) is 44.9 Å². The van der Waals surface area contributed by atoms with E-state index in [9.17, 15) is 4.79 Å². The third kappa shape index (κ3) is 11.1. The van der Waals surface area contributed by atoms with E-state index in [2.05, 4.69) is 20.9 Å². The van der Waals surface area contributed by atoms with Crippen LogP contribution < -0.4 is 20.7 Å². The van der Waals surface area contributed by atoms with Crippen LogP contribution in [-0.4, -0.2) is 51.4 Å². The predicted molar refractivity (Wildman–Crippen MR) is 121 cm³/mol. The van der Waals surface area contributed by atoms with E-state index in [1.54, 1.807) is 20.2 Å². The first-order valence-electron chi connectivity index (χ1n) is 8.49. The Bertz CT molecular complexity index is 621. The summed E-state index contributed by atoms with van der Waals surface area (Å²) in [4.78, 5) is 15.7. The number of nitrogens with zero attached hydrogens (tertiary/aromatic N) is 1. The monoisotopic (exact) mass is 512 g/mol. The molecule has 0 bridgehead atoms. The lowest BCUT2D eigenvalue weighted by Gasteiger charge is -2.20. The lowest BCUT2D eigenvalue weighted by Crippen LogP contribution is -2.43. The molecule has 27 heavy (non-hydrogen) atoms. The molecule has 0 atom stereocenters. The number of carbonyl (C=O) groups excluding carboxylic acids is 1. The quantitative estimate of drug-likeness (QED) is 0.226. The van der Waals surface area contributed by atoms with Gasteiger partial charge in [0.1, 0.15) is 11.4 Å². The molecule has 0 radical (unpaired) electrons. The van der Waals surface area contributed by atoms with E-state index < -0.39 is 11.7 Å². The van der Waals surface area contributed by atoms with Gasteiger partial charge >= 0.3 is 6.09 Å². The van der Waals surface area contributed by atoms with Gasteiger partial charge in [0.2, 0.25) is 0 Å². The van der Waals surface area contributed by atoms with Gasteiger partial charge in [0, 0.05) is 31.7 Å². The average molecular weight is 513 g/mol. The Hall–Kier alpha value is -1.42. The molecule has 0 spiro atoms. The van der Waals surface area contributed by atoms with Crippen LogP contribution in [0.5, 0.6) is 5.75 Å². The highest BCUT2D eigenvalue weighted by Gasteiger charge is 2.15. The van der Waals surface area contributed by atoms with Gasteiger partial charge in [-0.2, -0.15) is 0 Å². The van der Waals surface area contributed by atoms with Gasteiger partial charge in [-0.1, -0.05) is 17.7 Å². The minimum absolute atomic E-state index is 0. The zero-order chi connectivity index (χ0) is 19.6. The first kappa shape index (κ1) is 25.6. The molecule has 0 fully saturated rings. The number of rotatable bonds is 7. The number of methoxy groups -OCH3 is 1. The standard InChI is InChI=1S/C18H29ClN4O3.HI/c1-18(2,3)26-17(24)23-11-10-22-16(20-4)21-9-8-13-6-7-14(25-5)12-15(13)19;/h6-7,12H,8-11H2,1-5H3,(H,23,24)(H2,20,21,22);1H. The third-order valence-corrected chi connectivity index (χ3v) is 3.61. The Labute approximate surface area is 183 Å². The van der Waals surface area contributed by atoms with Crippen LogP contribution in [0.15, 0.2) is 23.2 Å². The highest BCUT2D eigenvalue weighted by atomic mass is 127. The number of benzene rings is 1. The Morgan fingerprint density at radius 1 is 1.15 bits per heavy atom. The van der Waals surface area contributed by atoms with Crippen molar-refractivity contribution in [1.29, 1.82) is 0 Å². The van der Waals surface area contributed by atoms with E-state index in [1.165, 1.54) is 0 Å². The first-order valence-corrected chi connectivity index (χ1v) is 8.86. The van der Waals surface area contributed by atoms with Crippen molar-refractivity contribution in [3.63, 3.8) is 0 Å². The van der Waals surface area contributed by atoms with Crippen LogP contribution in [0.4, 0.5) is 4.79 Å². The number of aliphatic imine (C=N–C) groups is 1. The van der Waals surface area contributed by atoms with Gasteiger partial charge < -0.3 is 25.4 Å². The number of carbonyl (C=O) groups is 1. The molecule has 1 aromatic rings. The molecule has 7 nitrogen and oxygen atoms in total. The van der Waals surface area contributed by atoms with Gasteiger partial charge in [-0.3, -0.25) is 4.99 Å². The van der Waals surface area contributed by atoms with Gasteiger partial charge in [0.15, 0.2) is 5.96 Å². The summed E-state index contributed by atoms with van der Waals surface area (Å²) in [7, 11) is 3.30. The molecule has 1 aromatic carbocycles. The molecule has 0 unspecified atom stereocenters. The average Bonchev–Trinajstić information content (AvgIpc) is 2.56. The summed E-state index contributed by atoms with van der Waals surface area (Å²) in [5, 5.41) is 9.69. The van der Waals surface area contributed by atoms with Crippen molar-refractivity contribution in [3.05, 3.63) is 28.8 Å². The van der Waals surface area contributed by atoms with Crippen molar-refractivity contribution in [2.24, 2.45) is 4.99 Å².